The van der Waals surface area contributed by atoms with E-state index in [2.05, 4.69) is 15.3 Å². The van der Waals surface area contributed by atoms with Gasteiger partial charge in [-0.1, -0.05) is 0 Å². The van der Waals surface area contributed by atoms with Crippen LogP contribution in [0.15, 0.2) is 24.4 Å². The molecule has 1 aliphatic heterocycles. The Morgan fingerprint density at radius 3 is 3.06 bits per heavy atom. The Kier molecular flexibility index (Phi) is 2.11. The van der Waals surface area contributed by atoms with E-state index in [0.29, 0.717) is 11.4 Å². The number of carbonyl (C=O) groups excluding carboxylic acids is 1. The zero-order chi connectivity index (χ0) is 11.8. The zero-order valence-corrected chi connectivity index (χ0v) is 9.28. The number of hydrogen-bond donors (Lipinski definition) is 2. The van der Waals surface area contributed by atoms with Crippen molar-refractivity contribution < 1.29 is 9.53 Å². The summed E-state index contributed by atoms with van der Waals surface area (Å²) in [4.78, 5) is 18.5. The first-order chi connectivity index (χ1) is 8.22. The predicted octanol–water partition coefficient (Wildman–Crippen LogP) is 1.72. The number of carbonyl (C=O) groups is 1. The highest BCUT2D eigenvalue weighted by molar-refractivity contribution is 5.95. The third-order valence-electron chi connectivity index (χ3n) is 2.59. The van der Waals surface area contributed by atoms with Gasteiger partial charge in [0.15, 0.2) is 6.61 Å². The van der Waals surface area contributed by atoms with Crippen LogP contribution in [-0.2, 0) is 4.79 Å². The number of aromatic amines is 1. The average Bonchev–Trinajstić information content (AvgIpc) is 2.75. The fraction of sp³-hybridized carbons (Fsp3) is 0.167. The minimum Gasteiger partial charge on any atom is -0.482 e. The monoisotopic (exact) mass is 229 g/mol. The molecule has 5 nitrogen and oxygen atoms in total. The molecule has 86 valence electrons. The topological polar surface area (TPSA) is 67.0 Å². The van der Waals surface area contributed by atoms with Gasteiger partial charge in [-0.3, -0.25) is 4.79 Å². The normalized spacial score (nSPS) is 13.8. The molecule has 1 aromatic heterocycles. The Hall–Kier alpha value is -2.30. The summed E-state index contributed by atoms with van der Waals surface area (Å²) in [5.74, 6) is 1.35. The van der Waals surface area contributed by atoms with Crippen molar-refractivity contribution in [1.29, 1.82) is 0 Å². The van der Waals surface area contributed by atoms with Gasteiger partial charge >= 0.3 is 0 Å². The first-order valence-electron chi connectivity index (χ1n) is 5.31. The standard InChI is InChI=1S/C12H11N3O2/c1-7-5-13-12(14-7)8-2-3-9-10(4-8)17-6-11(16)15-9/h2-5H,6H2,1H3,(H,13,14)(H,15,16). The molecule has 0 aliphatic carbocycles. The molecule has 3 rings (SSSR count). The highest BCUT2D eigenvalue weighted by atomic mass is 16.5. The van der Waals surface area contributed by atoms with E-state index in [0.717, 1.165) is 17.1 Å². The summed E-state index contributed by atoms with van der Waals surface area (Å²) in [7, 11) is 0. The van der Waals surface area contributed by atoms with Crippen LogP contribution in [0.4, 0.5) is 5.69 Å². The van der Waals surface area contributed by atoms with Gasteiger partial charge in [0.2, 0.25) is 0 Å². The highest BCUT2D eigenvalue weighted by Gasteiger charge is 2.16. The third kappa shape index (κ3) is 1.75. The van der Waals surface area contributed by atoms with Gasteiger partial charge in [0, 0.05) is 17.5 Å². The number of hydrogen-bond acceptors (Lipinski definition) is 3. The number of fused-ring (bicyclic) bond motifs is 1. The molecule has 0 bridgehead atoms. The van der Waals surface area contributed by atoms with E-state index < -0.39 is 0 Å². The number of imidazole rings is 1. The molecule has 5 heteroatoms. The van der Waals surface area contributed by atoms with Crippen LogP contribution in [-0.4, -0.2) is 22.5 Å². The molecule has 1 amide bonds. The Morgan fingerprint density at radius 1 is 1.41 bits per heavy atom. The van der Waals surface area contributed by atoms with Gasteiger partial charge in [0.1, 0.15) is 11.6 Å². The van der Waals surface area contributed by atoms with Crippen LogP contribution in [0, 0.1) is 6.92 Å². The first kappa shape index (κ1) is 9.89. The van der Waals surface area contributed by atoms with Crippen LogP contribution in [0.25, 0.3) is 11.4 Å². The van der Waals surface area contributed by atoms with Gasteiger partial charge in [-0.25, -0.2) is 4.98 Å². The highest BCUT2D eigenvalue weighted by Crippen LogP contribution is 2.31. The van der Waals surface area contributed by atoms with Crippen molar-refractivity contribution in [3.8, 4) is 17.1 Å². The number of nitrogens with zero attached hydrogens (tertiary/aromatic N) is 1. The summed E-state index contributed by atoms with van der Waals surface area (Å²) in [6, 6.07) is 5.58. The van der Waals surface area contributed by atoms with Gasteiger partial charge in [-0.2, -0.15) is 0 Å². The van der Waals surface area contributed by atoms with Crippen molar-refractivity contribution in [2.45, 2.75) is 6.92 Å². The molecule has 2 N–H and O–H groups in total. The molecule has 0 saturated heterocycles. The van der Waals surface area contributed by atoms with Gasteiger partial charge in [0.25, 0.3) is 5.91 Å². The largest absolute Gasteiger partial charge is 0.482 e. The molecule has 0 saturated carbocycles. The molecule has 0 radical (unpaired) electrons. The molecule has 2 aromatic rings. The number of nitrogens with one attached hydrogen (secondary N) is 2. The quantitative estimate of drug-likeness (QED) is 0.782. The fourth-order valence-electron chi connectivity index (χ4n) is 1.78. The Balaban J connectivity index is 2.01. The zero-order valence-electron chi connectivity index (χ0n) is 9.28. The smallest absolute Gasteiger partial charge is 0.262 e. The maximum absolute atomic E-state index is 11.1. The van der Waals surface area contributed by atoms with Crippen LogP contribution in [0.3, 0.4) is 0 Å². The second-order valence-electron chi connectivity index (χ2n) is 3.96. The van der Waals surface area contributed by atoms with Gasteiger partial charge in [0.05, 0.1) is 5.69 Å². The second kappa shape index (κ2) is 3.62. The summed E-state index contributed by atoms with van der Waals surface area (Å²) in [6.07, 6.45) is 1.78. The molecule has 2 heterocycles. The fourth-order valence-corrected chi connectivity index (χ4v) is 1.78. The first-order valence-corrected chi connectivity index (χ1v) is 5.31. The molecule has 0 unspecified atom stereocenters. The molecule has 0 spiro atoms. The van der Waals surface area contributed by atoms with Gasteiger partial charge in [-0.15, -0.1) is 0 Å². The number of rotatable bonds is 1. The summed E-state index contributed by atoms with van der Waals surface area (Å²) < 4.78 is 5.35. The van der Waals surface area contributed by atoms with Crippen molar-refractivity contribution in [3.63, 3.8) is 0 Å². The number of benzene rings is 1. The Labute approximate surface area is 97.8 Å². The molecule has 0 atom stereocenters. The van der Waals surface area contributed by atoms with Crippen molar-refractivity contribution >= 4 is 11.6 Å². The van der Waals surface area contributed by atoms with Crippen molar-refractivity contribution in [2.75, 3.05) is 11.9 Å². The molecule has 1 aromatic carbocycles. The number of H-pyrrole nitrogens is 1. The maximum Gasteiger partial charge on any atom is 0.262 e. The van der Waals surface area contributed by atoms with Crippen LogP contribution in [0.1, 0.15) is 5.69 Å². The summed E-state index contributed by atoms with van der Waals surface area (Å²) in [5, 5.41) is 2.75. The van der Waals surface area contributed by atoms with Crippen molar-refractivity contribution in [3.05, 3.63) is 30.1 Å². The van der Waals surface area contributed by atoms with E-state index in [4.69, 9.17) is 4.74 Å². The van der Waals surface area contributed by atoms with Crippen LogP contribution in [0.5, 0.6) is 5.75 Å². The minimum absolute atomic E-state index is 0.0631. The van der Waals surface area contributed by atoms with Crippen molar-refractivity contribution in [1.82, 2.24) is 9.97 Å². The van der Waals surface area contributed by atoms with E-state index in [-0.39, 0.29) is 12.5 Å². The lowest BCUT2D eigenvalue weighted by Gasteiger charge is -2.18. The summed E-state index contributed by atoms with van der Waals surface area (Å²) in [5.41, 5.74) is 2.65. The van der Waals surface area contributed by atoms with Gasteiger partial charge in [-0.05, 0) is 25.1 Å². The summed E-state index contributed by atoms with van der Waals surface area (Å²) >= 11 is 0. The molecular weight excluding hydrogens is 218 g/mol. The van der Waals surface area contributed by atoms with Crippen LogP contribution < -0.4 is 10.1 Å². The number of aryl methyl sites for hydroxylation is 1. The third-order valence-corrected chi connectivity index (χ3v) is 2.59. The minimum atomic E-state index is -0.126. The lowest BCUT2D eigenvalue weighted by molar-refractivity contribution is -0.118. The number of amides is 1. The van der Waals surface area contributed by atoms with E-state index in [1.54, 1.807) is 6.20 Å². The van der Waals surface area contributed by atoms with E-state index in [1.807, 2.05) is 25.1 Å². The lowest BCUT2D eigenvalue weighted by atomic mass is 10.1. The molecule has 1 aliphatic rings. The molecular formula is C12H11N3O2. The Morgan fingerprint density at radius 2 is 2.29 bits per heavy atom. The lowest BCUT2D eigenvalue weighted by Crippen LogP contribution is -2.25. The van der Waals surface area contributed by atoms with Crippen LogP contribution in [0.2, 0.25) is 0 Å². The maximum atomic E-state index is 11.1. The summed E-state index contributed by atoms with van der Waals surface area (Å²) in [6.45, 7) is 2.01. The van der Waals surface area contributed by atoms with Crippen LogP contribution >= 0.6 is 0 Å². The number of aromatic nitrogens is 2. The second-order valence-corrected chi connectivity index (χ2v) is 3.96. The van der Waals surface area contributed by atoms with Crippen molar-refractivity contribution in [2.24, 2.45) is 0 Å². The SMILES string of the molecule is Cc1cnc(-c2ccc3c(c2)OCC(=O)N3)[nH]1. The average molecular weight is 229 g/mol. The van der Waals surface area contributed by atoms with E-state index in [1.165, 1.54) is 0 Å². The predicted molar refractivity (Wildman–Crippen MR) is 62.9 cm³/mol. The number of ether oxygens (including phenoxy) is 1. The van der Waals surface area contributed by atoms with E-state index >= 15 is 0 Å². The Bertz CT molecular complexity index is 589. The number of anilines is 1. The molecule has 0 fully saturated rings. The van der Waals surface area contributed by atoms with Gasteiger partial charge < -0.3 is 15.0 Å². The molecule has 17 heavy (non-hydrogen) atoms. The van der Waals surface area contributed by atoms with E-state index in [9.17, 15) is 4.79 Å².